The third-order valence-corrected chi connectivity index (χ3v) is 5.01. The Hall–Kier alpha value is -1.74. The van der Waals surface area contributed by atoms with Crippen LogP contribution in [0, 0.1) is 4.84 Å². The molecule has 136 valence electrons. The van der Waals surface area contributed by atoms with Gasteiger partial charge in [0.15, 0.2) is 6.61 Å². The Bertz CT molecular complexity index is 966. The largest absolute Gasteiger partial charge is 0.484 e. The molecule has 0 amide bonds. The highest BCUT2D eigenvalue weighted by Gasteiger charge is 2.14. The second kappa shape index (κ2) is 7.87. The lowest BCUT2D eigenvalue weighted by Gasteiger charge is -2.25. The maximum absolute atomic E-state index is 5.83. The summed E-state index contributed by atoms with van der Waals surface area (Å²) in [6, 6.07) is 12.1. The number of benzene rings is 2. The molecule has 0 atom stereocenters. The van der Waals surface area contributed by atoms with E-state index in [1.165, 1.54) is 0 Å². The van der Waals surface area contributed by atoms with Gasteiger partial charge in [-0.25, -0.2) is 4.68 Å². The van der Waals surface area contributed by atoms with Gasteiger partial charge in [0.1, 0.15) is 5.75 Å². The van der Waals surface area contributed by atoms with E-state index in [1.807, 2.05) is 24.3 Å². The second-order valence-electron chi connectivity index (χ2n) is 6.08. The van der Waals surface area contributed by atoms with Crippen LogP contribution in [0.25, 0.3) is 10.8 Å². The van der Waals surface area contributed by atoms with Crippen LogP contribution < -0.4 is 4.74 Å². The van der Waals surface area contributed by atoms with Gasteiger partial charge in [-0.15, -0.1) is 5.10 Å². The highest BCUT2D eigenvalue weighted by molar-refractivity contribution is 9.10. The van der Waals surface area contributed by atoms with Crippen molar-refractivity contribution in [3.63, 3.8) is 0 Å². The molecular weight excluding hydrogens is 418 g/mol. The van der Waals surface area contributed by atoms with Crippen molar-refractivity contribution < 1.29 is 13.9 Å². The first-order chi connectivity index (χ1) is 12.7. The lowest BCUT2D eigenvalue weighted by Crippen LogP contribution is -2.37. The molecule has 8 heteroatoms. The monoisotopic (exact) mass is 435 g/mol. The van der Waals surface area contributed by atoms with Crippen molar-refractivity contribution in [1.29, 1.82) is 0 Å². The molecule has 2 aromatic carbocycles. The third kappa shape index (κ3) is 4.15. The molecule has 0 aliphatic carbocycles. The average molecular weight is 436 g/mol. The van der Waals surface area contributed by atoms with Crippen molar-refractivity contribution in [2.24, 2.45) is 0 Å². The van der Waals surface area contributed by atoms with E-state index in [1.54, 1.807) is 4.68 Å². The average Bonchev–Trinajstić information content (AvgIpc) is 3.00. The first-order valence-corrected chi connectivity index (χ1v) is 9.56. The van der Waals surface area contributed by atoms with E-state index < -0.39 is 0 Å². The molecule has 3 aromatic rings. The van der Waals surface area contributed by atoms with Crippen LogP contribution >= 0.6 is 28.1 Å². The van der Waals surface area contributed by atoms with Crippen LogP contribution in [0.15, 0.2) is 45.3 Å². The summed E-state index contributed by atoms with van der Waals surface area (Å²) in [7, 11) is 0. The van der Waals surface area contributed by atoms with Crippen molar-refractivity contribution in [3.8, 4) is 5.75 Å². The molecule has 1 aromatic heterocycles. The predicted octanol–water partition coefficient (Wildman–Crippen LogP) is 3.99. The van der Waals surface area contributed by atoms with Gasteiger partial charge in [0.25, 0.3) is 10.7 Å². The fraction of sp³-hybridized carbons (Fsp3) is 0.333. The molecule has 0 unspecified atom stereocenters. The van der Waals surface area contributed by atoms with Crippen molar-refractivity contribution in [3.05, 3.63) is 51.6 Å². The lowest BCUT2D eigenvalue weighted by molar-refractivity contribution is 0.0206. The molecule has 6 nitrogen and oxygen atoms in total. The molecule has 0 saturated carbocycles. The number of morpholine rings is 1. The standard InChI is InChI=1S/C18H18BrN3O3S/c19-15-3-1-14-10-16(4-2-13(14)9-15)24-11-17-20-22(18(26)25-17)12-21-5-7-23-8-6-21/h1-4,9-10H,5-8,11-12H2. The van der Waals surface area contributed by atoms with Crippen LogP contribution in [0.2, 0.25) is 0 Å². The van der Waals surface area contributed by atoms with Crippen LogP contribution in [0.1, 0.15) is 5.89 Å². The van der Waals surface area contributed by atoms with E-state index in [9.17, 15) is 0 Å². The van der Waals surface area contributed by atoms with Crippen LogP contribution in [0.5, 0.6) is 5.75 Å². The summed E-state index contributed by atoms with van der Waals surface area (Å²) in [5.41, 5.74) is 0. The fourth-order valence-electron chi connectivity index (χ4n) is 2.86. The minimum absolute atomic E-state index is 0.238. The number of hydrogen-bond donors (Lipinski definition) is 0. The smallest absolute Gasteiger partial charge is 0.288 e. The van der Waals surface area contributed by atoms with Crippen molar-refractivity contribution >= 4 is 38.9 Å². The zero-order valence-electron chi connectivity index (χ0n) is 14.1. The van der Waals surface area contributed by atoms with Crippen LogP contribution in [0.4, 0.5) is 0 Å². The summed E-state index contributed by atoms with van der Waals surface area (Å²) in [5.74, 6) is 1.24. The molecule has 0 radical (unpaired) electrons. The molecule has 1 saturated heterocycles. The fourth-order valence-corrected chi connectivity index (χ4v) is 3.43. The van der Waals surface area contributed by atoms with Crippen LogP contribution in [-0.2, 0) is 18.0 Å². The molecule has 1 aliphatic heterocycles. The summed E-state index contributed by atoms with van der Waals surface area (Å²) >= 11 is 8.75. The molecule has 0 bridgehead atoms. The van der Waals surface area contributed by atoms with E-state index in [4.69, 9.17) is 26.1 Å². The Morgan fingerprint density at radius 1 is 1.12 bits per heavy atom. The van der Waals surface area contributed by atoms with E-state index in [-0.39, 0.29) is 6.61 Å². The van der Waals surface area contributed by atoms with Gasteiger partial charge in [0.05, 0.1) is 19.9 Å². The van der Waals surface area contributed by atoms with Gasteiger partial charge < -0.3 is 13.9 Å². The summed E-state index contributed by atoms with van der Waals surface area (Å²) in [5, 5.41) is 6.69. The molecule has 1 fully saturated rings. The first kappa shape index (κ1) is 17.7. The molecular formula is C18H18BrN3O3S. The van der Waals surface area contributed by atoms with E-state index in [0.717, 1.165) is 47.3 Å². The normalized spacial score (nSPS) is 15.4. The van der Waals surface area contributed by atoms with Gasteiger partial charge in [-0.05, 0) is 47.3 Å². The highest BCUT2D eigenvalue weighted by atomic mass is 79.9. The number of fused-ring (bicyclic) bond motifs is 1. The quantitative estimate of drug-likeness (QED) is 0.564. The zero-order chi connectivity index (χ0) is 17.9. The maximum Gasteiger partial charge on any atom is 0.288 e. The first-order valence-electron chi connectivity index (χ1n) is 8.36. The van der Waals surface area contributed by atoms with Crippen LogP contribution in [-0.4, -0.2) is 41.0 Å². The molecule has 26 heavy (non-hydrogen) atoms. The van der Waals surface area contributed by atoms with E-state index >= 15 is 0 Å². The van der Waals surface area contributed by atoms with Gasteiger partial charge in [-0.1, -0.05) is 28.1 Å². The predicted molar refractivity (Wildman–Crippen MR) is 104 cm³/mol. The Balaban J connectivity index is 1.42. The van der Waals surface area contributed by atoms with Gasteiger partial charge in [0.2, 0.25) is 0 Å². The molecule has 1 aliphatic rings. The van der Waals surface area contributed by atoms with Gasteiger partial charge >= 0.3 is 0 Å². The number of nitrogens with zero attached hydrogens (tertiary/aromatic N) is 3. The number of aromatic nitrogens is 2. The van der Waals surface area contributed by atoms with Crippen molar-refractivity contribution in [2.75, 3.05) is 26.3 Å². The maximum atomic E-state index is 5.83. The lowest BCUT2D eigenvalue weighted by atomic mass is 10.1. The second-order valence-corrected chi connectivity index (χ2v) is 7.34. The van der Waals surface area contributed by atoms with E-state index in [2.05, 4.69) is 38.1 Å². The summed E-state index contributed by atoms with van der Waals surface area (Å²) in [6.45, 7) is 4.05. The van der Waals surface area contributed by atoms with Crippen LogP contribution in [0.3, 0.4) is 0 Å². The van der Waals surface area contributed by atoms with Crippen molar-refractivity contribution in [2.45, 2.75) is 13.3 Å². The molecule has 0 spiro atoms. The minimum Gasteiger partial charge on any atom is -0.484 e. The number of rotatable bonds is 5. The van der Waals surface area contributed by atoms with Gasteiger partial charge in [-0.3, -0.25) is 4.90 Å². The van der Waals surface area contributed by atoms with Crippen molar-refractivity contribution in [1.82, 2.24) is 14.7 Å². The summed E-state index contributed by atoms with van der Waals surface area (Å²) in [4.78, 5) is 2.59. The number of hydrogen-bond acceptors (Lipinski definition) is 6. The summed E-state index contributed by atoms with van der Waals surface area (Å²) < 4.78 is 19.5. The number of halogens is 1. The van der Waals surface area contributed by atoms with Gasteiger partial charge in [-0.2, -0.15) is 0 Å². The summed E-state index contributed by atoms with van der Waals surface area (Å²) in [6.07, 6.45) is 0. The van der Waals surface area contributed by atoms with Gasteiger partial charge in [0, 0.05) is 17.6 Å². The van der Waals surface area contributed by atoms with E-state index in [0.29, 0.717) is 17.4 Å². The minimum atomic E-state index is 0.238. The molecule has 4 rings (SSSR count). The molecule has 0 N–H and O–H groups in total. The Morgan fingerprint density at radius 3 is 2.73 bits per heavy atom. The molecule has 2 heterocycles. The SMILES string of the molecule is S=c1oc(COc2ccc3cc(Br)ccc3c2)nn1CN1CCOCC1. The topological polar surface area (TPSA) is 52.7 Å². The highest BCUT2D eigenvalue weighted by Crippen LogP contribution is 2.24. The Labute approximate surface area is 164 Å². The zero-order valence-corrected chi connectivity index (χ0v) is 16.5. The Morgan fingerprint density at radius 2 is 1.88 bits per heavy atom. The third-order valence-electron chi connectivity index (χ3n) is 4.22. The Kier molecular flexibility index (Phi) is 5.35. The number of ether oxygens (including phenoxy) is 2.